The summed E-state index contributed by atoms with van der Waals surface area (Å²) in [4.78, 5) is 31.3. The Bertz CT molecular complexity index is 1280. The summed E-state index contributed by atoms with van der Waals surface area (Å²) in [7, 11) is 0. The second-order valence-electron chi connectivity index (χ2n) is 10.4. The number of allylic oxidation sites excluding steroid dienone is 1. The van der Waals surface area contributed by atoms with Gasteiger partial charge in [0.25, 0.3) is 0 Å². The smallest absolute Gasteiger partial charge is 0.339 e. The number of esters is 1. The number of carbonyl (C=O) groups is 2. The Morgan fingerprint density at radius 1 is 1.24 bits per heavy atom. The van der Waals surface area contributed by atoms with E-state index in [0.717, 1.165) is 52.8 Å². The largest absolute Gasteiger partial charge is 0.454 e. The van der Waals surface area contributed by atoms with Crippen molar-refractivity contribution in [3.05, 3.63) is 76.8 Å². The molecular weight excluding hydrogens is 424 g/mol. The predicted molar refractivity (Wildman–Crippen MR) is 135 cm³/mol. The van der Waals surface area contributed by atoms with Crippen molar-refractivity contribution in [3.8, 4) is 0 Å². The van der Waals surface area contributed by atoms with Gasteiger partial charge in [-0.15, -0.1) is 6.58 Å². The Balaban J connectivity index is 1.65. The van der Waals surface area contributed by atoms with Crippen LogP contribution in [0.1, 0.15) is 70.6 Å². The van der Waals surface area contributed by atoms with Gasteiger partial charge in [-0.05, 0) is 62.1 Å². The standard InChI is InChI=1S/C29H34N2O3/c1-7-14-31-18(2)15-22(19(31)3)26(32)17-34-28(33)27-21-10-8-9-11-24(21)30-25-13-12-20(16-23(25)27)29(4,5)6/h7-11,15,20H,1,12-14,16-17H2,2-6H3. The van der Waals surface area contributed by atoms with E-state index in [9.17, 15) is 9.59 Å². The molecule has 2 aromatic heterocycles. The van der Waals surface area contributed by atoms with Crippen molar-refractivity contribution in [3.63, 3.8) is 0 Å². The molecule has 0 bridgehead atoms. The number of hydrogen-bond donors (Lipinski definition) is 0. The molecule has 0 amide bonds. The number of carbonyl (C=O) groups excluding carboxylic acids is 2. The number of aromatic nitrogens is 2. The molecule has 5 heteroatoms. The topological polar surface area (TPSA) is 61.2 Å². The second kappa shape index (κ2) is 9.21. The maximum Gasteiger partial charge on any atom is 0.339 e. The quantitative estimate of drug-likeness (QED) is 0.257. The van der Waals surface area contributed by atoms with Crippen LogP contribution >= 0.6 is 0 Å². The number of ether oxygens (including phenoxy) is 1. The SMILES string of the molecule is C=CCn1c(C)cc(C(=O)COC(=O)c2c3c(nc4ccccc24)CCC(C(C)(C)C)C3)c1C. The average Bonchev–Trinajstić information content (AvgIpc) is 3.08. The van der Waals surface area contributed by atoms with Crippen molar-refractivity contribution < 1.29 is 14.3 Å². The van der Waals surface area contributed by atoms with Gasteiger partial charge in [-0.3, -0.25) is 9.78 Å². The maximum absolute atomic E-state index is 13.5. The molecule has 0 saturated carbocycles. The number of rotatable bonds is 6. The molecule has 5 nitrogen and oxygen atoms in total. The molecule has 0 radical (unpaired) electrons. The Kier molecular flexibility index (Phi) is 6.48. The summed E-state index contributed by atoms with van der Waals surface area (Å²) in [6.45, 7) is 14.7. The van der Waals surface area contributed by atoms with Gasteiger partial charge >= 0.3 is 5.97 Å². The summed E-state index contributed by atoms with van der Waals surface area (Å²) < 4.78 is 7.69. The van der Waals surface area contributed by atoms with Crippen LogP contribution in [0.25, 0.3) is 10.9 Å². The first-order chi connectivity index (χ1) is 16.1. The van der Waals surface area contributed by atoms with Crippen molar-refractivity contribution in [1.29, 1.82) is 0 Å². The second-order valence-corrected chi connectivity index (χ2v) is 10.4. The molecule has 4 rings (SSSR count). The minimum Gasteiger partial charge on any atom is -0.454 e. The van der Waals surface area contributed by atoms with Crippen LogP contribution < -0.4 is 0 Å². The van der Waals surface area contributed by atoms with Gasteiger partial charge in [0.05, 0.1) is 11.1 Å². The van der Waals surface area contributed by atoms with Crippen LogP contribution in [0.15, 0.2) is 43.0 Å². The van der Waals surface area contributed by atoms with Gasteiger partial charge in [-0.1, -0.05) is 45.0 Å². The van der Waals surface area contributed by atoms with E-state index in [-0.39, 0.29) is 17.8 Å². The minimum absolute atomic E-state index is 0.133. The average molecular weight is 459 g/mol. The first-order valence-electron chi connectivity index (χ1n) is 12.0. The third-order valence-electron chi connectivity index (χ3n) is 7.21. The lowest BCUT2D eigenvalue weighted by molar-refractivity contribution is 0.0474. The van der Waals surface area contributed by atoms with Crippen molar-refractivity contribution in [2.75, 3.05) is 6.61 Å². The molecule has 1 aromatic carbocycles. The Morgan fingerprint density at radius 2 is 1.97 bits per heavy atom. The molecule has 0 saturated heterocycles. The molecule has 2 heterocycles. The van der Waals surface area contributed by atoms with E-state index in [1.807, 2.05) is 48.7 Å². The lowest BCUT2D eigenvalue weighted by atomic mass is 9.70. The highest BCUT2D eigenvalue weighted by atomic mass is 16.5. The Labute approximate surface area is 201 Å². The van der Waals surface area contributed by atoms with Crippen molar-refractivity contribution >= 4 is 22.7 Å². The van der Waals surface area contributed by atoms with E-state index in [2.05, 4.69) is 27.4 Å². The number of fused-ring (bicyclic) bond motifs is 2. The molecule has 0 spiro atoms. The van der Waals surface area contributed by atoms with Crippen LogP contribution in [0.5, 0.6) is 0 Å². The van der Waals surface area contributed by atoms with Crippen LogP contribution in [0, 0.1) is 25.2 Å². The number of nitrogens with zero attached hydrogens (tertiary/aromatic N) is 2. The lowest BCUT2D eigenvalue weighted by Crippen LogP contribution is -2.29. The van der Waals surface area contributed by atoms with Crippen LogP contribution in [0.4, 0.5) is 0 Å². The first-order valence-corrected chi connectivity index (χ1v) is 12.0. The van der Waals surface area contributed by atoms with Crippen LogP contribution in [0.3, 0.4) is 0 Å². The Morgan fingerprint density at radius 3 is 2.68 bits per heavy atom. The van der Waals surface area contributed by atoms with Crippen molar-refractivity contribution in [1.82, 2.24) is 9.55 Å². The summed E-state index contributed by atoms with van der Waals surface area (Å²) >= 11 is 0. The number of benzene rings is 1. The highest BCUT2D eigenvalue weighted by molar-refractivity contribution is 6.06. The zero-order valence-corrected chi connectivity index (χ0v) is 20.9. The third kappa shape index (κ3) is 4.44. The van der Waals surface area contributed by atoms with Gasteiger partial charge in [0.2, 0.25) is 5.78 Å². The van der Waals surface area contributed by atoms with Crippen LogP contribution in [-0.2, 0) is 24.1 Å². The number of pyridine rings is 1. The molecule has 178 valence electrons. The summed E-state index contributed by atoms with van der Waals surface area (Å²) in [5, 5.41) is 0.789. The Hall–Kier alpha value is -3.21. The van der Waals surface area contributed by atoms with Crippen molar-refractivity contribution in [2.24, 2.45) is 11.3 Å². The van der Waals surface area contributed by atoms with Gasteiger partial charge in [-0.25, -0.2) is 4.79 Å². The summed E-state index contributed by atoms with van der Waals surface area (Å²) in [6, 6.07) is 9.55. The van der Waals surface area contributed by atoms with E-state index in [0.29, 0.717) is 23.6 Å². The van der Waals surface area contributed by atoms with E-state index in [1.165, 1.54) is 0 Å². The molecule has 1 aliphatic rings. The predicted octanol–water partition coefficient (Wildman–Crippen LogP) is 6.03. The molecule has 0 aliphatic heterocycles. The molecule has 0 fully saturated rings. The first kappa shape index (κ1) is 23.9. The van der Waals surface area contributed by atoms with Gasteiger partial charge in [0, 0.05) is 34.6 Å². The third-order valence-corrected chi connectivity index (χ3v) is 7.21. The van der Waals surface area contributed by atoms with E-state index >= 15 is 0 Å². The number of ketones is 1. The zero-order chi connectivity index (χ0) is 24.6. The van der Waals surface area contributed by atoms with Gasteiger partial charge in [0.1, 0.15) is 0 Å². The highest BCUT2D eigenvalue weighted by Gasteiger charge is 2.33. The van der Waals surface area contributed by atoms with Gasteiger partial charge in [-0.2, -0.15) is 0 Å². The summed E-state index contributed by atoms with van der Waals surface area (Å²) in [6.07, 6.45) is 4.49. The normalized spacial score (nSPS) is 15.7. The molecule has 3 aromatic rings. The maximum atomic E-state index is 13.5. The molecule has 0 N–H and O–H groups in total. The van der Waals surface area contributed by atoms with E-state index in [4.69, 9.17) is 9.72 Å². The fourth-order valence-electron chi connectivity index (χ4n) is 5.14. The van der Waals surface area contributed by atoms with E-state index in [1.54, 1.807) is 6.08 Å². The fraction of sp³-hybridized carbons (Fsp3) is 0.414. The van der Waals surface area contributed by atoms with Gasteiger partial charge in [0.15, 0.2) is 6.61 Å². The molecule has 1 aliphatic carbocycles. The molecule has 1 atom stereocenters. The minimum atomic E-state index is -0.447. The number of Topliss-reactive ketones (excluding diaryl/α,β-unsaturated/α-hetero) is 1. The number of aryl methyl sites for hydroxylation is 2. The number of para-hydroxylation sites is 1. The number of hydrogen-bond acceptors (Lipinski definition) is 4. The molecule has 1 unspecified atom stereocenters. The zero-order valence-electron chi connectivity index (χ0n) is 20.9. The fourth-order valence-corrected chi connectivity index (χ4v) is 5.14. The van der Waals surface area contributed by atoms with E-state index < -0.39 is 5.97 Å². The highest BCUT2D eigenvalue weighted by Crippen LogP contribution is 2.39. The van der Waals surface area contributed by atoms with Crippen LogP contribution in [-0.4, -0.2) is 27.9 Å². The van der Waals surface area contributed by atoms with Crippen molar-refractivity contribution in [2.45, 2.75) is 60.4 Å². The monoisotopic (exact) mass is 458 g/mol. The summed E-state index contributed by atoms with van der Waals surface area (Å²) in [5.41, 5.74) is 5.88. The lowest BCUT2D eigenvalue weighted by Gasteiger charge is -2.35. The molecular formula is C29H34N2O3. The van der Waals surface area contributed by atoms with Gasteiger partial charge < -0.3 is 9.30 Å². The summed E-state index contributed by atoms with van der Waals surface area (Å²) in [5.74, 6) is -0.194. The molecule has 34 heavy (non-hydrogen) atoms. The van der Waals surface area contributed by atoms with Crippen LogP contribution in [0.2, 0.25) is 0 Å².